The maximum Gasteiger partial charge on any atom is 0.252 e. The third kappa shape index (κ3) is 3.20. The number of aromatic nitrogens is 1. The molecule has 0 radical (unpaired) electrons. The van der Waals surface area contributed by atoms with Crippen LogP contribution >= 0.6 is 0 Å². The predicted molar refractivity (Wildman–Crippen MR) is 87.3 cm³/mol. The van der Waals surface area contributed by atoms with Gasteiger partial charge in [0.15, 0.2) is 0 Å². The SMILES string of the molecule is O=C(NC[C@@H]1CO[C@H]2CN(Cc3ccco3)C[C@@H]12)c1cccnc1. The first kappa shape index (κ1) is 15.4. The summed E-state index contributed by atoms with van der Waals surface area (Å²) in [4.78, 5) is 18.5. The van der Waals surface area contributed by atoms with Crippen molar-refractivity contribution in [1.82, 2.24) is 15.2 Å². The van der Waals surface area contributed by atoms with Crippen molar-refractivity contribution in [3.05, 3.63) is 54.2 Å². The molecule has 0 aliphatic carbocycles. The summed E-state index contributed by atoms with van der Waals surface area (Å²) in [5, 5.41) is 3.02. The van der Waals surface area contributed by atoms with Crippen LogP contribution in [0.15, 0.2) is 47.3 Å². The van der Waals surface area contributed by atoms with Gasteiger partial charge in [0.25, 0.3) is 5.91 Å². The average Bonchev–Trinajstić information content (AvgIpc) is 3.32. The lowest BCUT2D eigenvalue weighted by atomic mass is 9.93. The summed E-state index contributed by atoms with van der Waals surface area (Å²) in [5.41, 5.74) is 0.596. The van der Waals surface area contributed by atoms with Crippen molar-refractivity contribution in [3.63, 3.8) is 0 Å². The highest BCUT2D eigenvalue weighted by atomic mass is 16.5. The van der Waals surface area contributed by atoms with Crippen molar-refractivity contribution in [2.45, 2.75) is 12.6 Å². The number of pyridine rings is 1. The summed E-state index contributed by atoms with van der Waals surface area (Å²) in [6.07, 6.45) is 5.22. The minimum absolute atomic E-state index is 0.0722. The van der Waals surface area contributed by atoms with E-state index in [0.717, 1.165) is 32.0 Å². The Kier molecular flexibility index (Phi) is 4.32. The lowest BCUT2D eigenvalue weighted by molar-refractivity contribution is 0.0897. The van der Waals surface area contributed by atoms with E-state index in [0.29, 0.717) is 23.9 Å². The fourth-order valence-corrected chi connectivity index (χ4v) is 3.67. The highest BCUT2D eigenvalue weighted by Crippen LogP contribution is 2.34. The number of carbonyl (C=O) groups is 1. The first-order valence-corrected chi connectivity index (χ1v) is 8.34. The van der Waals surface area contributed by atoms with Gasteiger partial charge in [0.1, 0.15) is 5.76 Å². The van der Waals surface area contributed by atoms with Gasteiger partial charge >= 0.3 is 0 Å². The first-order chi connectivity index (χ1) is 11.8. The first-order valence-electron chi connectivity index (χ1n) is 8.34. The number of furan rings is 1. The number of hydrogen-bond acceptors (Lipinski definition) is 5. The molecule has 1 amide bonds. The van der Waals surface area contributed by atoms with Gasteiger partial charge in [-0.25, -0.2) is 0 Å². The highest BCUT2D eigenvalue weighted by molar-refractivity contribution is 5.93. The van der Waals surface area contributed by atoms with E-state index in [4.69, 9.17) is 9.15 Å². The zero-order valence-corrected chi connectivity index (χ0v) is 13.4. The molecule has 4 rings (SSSR count). The minimum Gasteiger partial charge on any atom is -0.468 e. The Hall–Kier alpha value is -2.18. The van der Waals surface area contributed by atoms with Crippen molar-refractivity contribution in [2.75, 3.05) is 26.2 Å². The number of fused-ring (bicyclic) bond motifs is 1. The van der Waals surface area contributed by atoms with E-state index in [1.54, 1.807) is 30.8 Å². The fourth-order valence-electron chi connectivity index (χ4n) is 3.67. The number of amides is 1. The summed E-state index contributed by atoms with van der Waals surface area (Å²) in [5.74, 6) is 1.74. The second kappa shape index (κ2) is 6.75. The van der Waals surface area contributed by atoms with Crippen molar-refractivity contribution < 1.29 is 13.9 Å². The van der Waals surface area contributed by atoms with Crippen LogP contribution in [0.4, 0.5) is 0 Å². The maximum absolute atomic E-state index is 12.2. The Morgan fingerprint density at radius 3 is 3.08 bits per heavy atom. The van der Waals surface area contributed by atoms with Gasteiger partial charge in [-0.05, 0) is 24.3 Å². The Balaban J connectivity index is 1.30. The van der Waals surface area contributed by atoms with Crippen LogP contribution in [0.1, 0.15) is 16.1 Å². The Bertz CT molecular complexity index is 674. The van der Waals surface area contributed by atoms with Crippen LogP contribution in [-0.2, 0) is 11.3 Å². The van der Waals surface area contributed by atoms with Gasteiger partial charge in [-0.1, -0.05) is 0 Å². The molecule has 3 atom stereocenters. The van der Waals surface area contributed by atoms with E-state index in [9.17, 15) is 4.79 Å². The van der Waals surface area contributed by atoms with E-state index in [1.807, 2.05) is 12.1 Å². The standard InChI is InChI=1S/C18H21N3O3/c22-18(13-3-1-5-19-7-13)20-8-14-12-24-17-11-21(10-16(14)17)9-15-4-2-6-23-15/h1-7,14,16-17H,8-12H2,(H,20,22)/t14-,16+,17+/m1/s1. The van der Waals surface area contributed by atoms with Crippen LogP contribution in [0.5, 0.6) is 0 Å². The number of nitrogens with zero attached hydrogens (tertiary/aromatic N) is 2. The molecule has 0 aromatic carbocycles. The van der Waals surface area contributed by atoms with Crippen LogP contribution in [0, 0.1) is 11.8 Å². The molecule has 6 heteroatoms. The van der Waals surface area contributed by atoms with Crippen LogP contribution in [-0.4, -0.2) is 48.1 Å². The molecule has 2 saturated heterocycles. The van der Waals surface area contributed by atoms with Crippen molar-refractivity contribution in [2.24, 2.45) is 11.8 Å². The average molecular weight is 327 g/mol. The number of rotatable bonds is 5. The predicted octanol–water partition coefficient (Wildman–Crippen LogP) is 1.55. The highest BCUT2D eigenvalue weighted by Gasteiger charge is 2.43. The summed E-state index contributed by atoms with van der Waals surface area (Å²) in [6.45, 7) is 4.09. The molecule has 126 valence electrons. The number of hydrogen-bond donors (Lipinski definition) is 1. The molecule has 0 bridgehead atoms. The van der Waals surface area contributed by atoms with Gasteiger partial charge in [0, 0.05) is 43.9 Å². The van der Waals surface area contributed by atoms with E-state index in [-0.39, 0.29) is 12.0 Å². The quantitative estimate of drug-likeness (QED) is 0.902. The van der Waals surface area contributed by atoms with Crippen LogP contribution < -0.4 is 5.32 Å². The Morgan fingerprint density at radius 1 is 1.33 bits per heavy atom. The molecule has 2 aromatic rings. The van der Waals surface area contributed by atoms with E-state index in [1.165, 1.54) is 0 Å². The lowest BCUT2D eigenvalue weighted by Crippen LogP contribution is -2.34. The molecule has 0 spiro atoms. The minimum atomic E-state index is -0.0722. The number of ether oxygens (including phenoxy) is 1. The van der Waals surface area contributed by atoms with Crippen LogP contribution in [0.2, 0.25) is 0 Å². The number of carbonyl (C=O) groups excluding carboxylic acids is 1. The Morgan fingerprint density at radius 2 is 2.29 bits per heavy atom. The van der Waals surface area contributed by atoms with Gasteiger partial charge in [-0.2, -0.15) is 0 Å². The molecule has 0 saturated carbocycles. The fraction of sp³-hybridized carbons (Fsp3) is 0.444. The van der Waals surface area contributed by atoms with Gasteiger partial charge in [0.2, 0.25) is 0 Å². The smallest absolute Gasteiger partial charge is 0.252 e. The third-order valence-corrected chi connectivity index (χ3v) is 4.92. The Labute approximate surface area is 140 Å². The molecule has 1 N–H and O–H groups in total. The van der Waals surface area contributed by atoms with Crippen LogP contribution in [0.3, 0.4) is 0 Å². The molecule has 6 nitrogen and oxygen atoms in total. The third-order valence-electron chi connectivity index (χ3n) is 4.92. The van der Waals surface area contributed by atoms with E-state index in [2.05, 4.69) is 15.2 Å². The maximum atomic E-state index is 12.2. The molecule has 0 unspecified atom stereocenters. The number of nitrogens with one attached hydrogen (secondary N) is 1. The van der Waals surface area contributed by atoms with Gasteiger partial charge in [0.05, 0.1) is 31.1 Å². The molecule has 2 fully saturated rings. The van der Waals surface area contributed by atoms with Crippen molar-refractivity contribution >= 4 is 5.91 Å². The summed E-state index contributed by atoms with van der Waals surface area (Å²) in [6, 6.07) is 7.46. The van der Waals surface area contributed by atoms with Gasteiger partial charge < -0.3 is 14.5 Å². The summed E-state index contributed by atoms with van der Waals surface area (Å²) >= 11 is 0. The lowest BCUT2D eigenvalue weighted by Gasteiger charge is -2.19. The summed E-state index contributed by atoms with van der Waals surface area (Å²) < 4.78 is 11.4. The molecular weight excluding hydrogens is 306 g/mol. The molecule has 2 aliphatic rings. The summed E-state index contributed by atoms with van der Waals surface area (Å²) in [7, 11) is 0. The topological polar surface area (TPSA) is 67.6 Å². The van der Waals surface area contributed by atoms with Crippen LogP contribution in [0.25, 0.3) is 0 Å². The molecule has 2 aromatic heterocycles. The largest absolute Gasteiger partial charge is 0.468 e. The zero-order chi connectivity index (χ0) is 16.4. The normalized spacial score (nSPS) is 26.4. The van der Waals surface area contributed by atoms with E-state index >= 15 is 0 Å². The van der Waals surface area contributed by atoms with E-state index < -0.39 is 0 Å². The van der Waals surface area contributed by atoms with Gasteiger partial charge in [-0.3, -0.25) is 14.7 Å². The molecule has 24 heavy (non-hydrogen) atoms. The monoisotopic (exact) mass is 327 g/mol. The molecule has 4 heterocycles. The second-order valence-corrected chi connectivity index (χ2v) is 6.52. The van der Waals surface area contributed by atoms with Crippen molar-refractivity contribution in [3.8, 4) is 0 Å². The molecular formula is C18H21N3O3. The van der Waals surface area contributed by atoms with Gasteiger partial charge in [-0.15, -0.1) is 0 Å². The zero-order valence-electron chi connectivity index (χ0n) is 13.4. The number of likely N-dealkylation sites (tertiary alicyclic amines) is 1. The van der Waals surface area contributed by atoms with Crippen molar-refractivity contribution in [1.29, 1.82) is 0 Å². The molecule has 2 aliphatic heterocycles. The second-order valence-electron chi connectivity index (χ2n) is 6.52.